The normalized spacial score (nSPS) is 23.4. The molecule has 1 unspecified atom stereocenters. The molecule has 1 heterocycles. The summed E-state index contributed by atoms with van der Waals surface area (Å²) in [4.78, 5) is 13.4. The summed E-state index contributed by atoms with van der Waals surface area (Å²) in [5.74, 6) is 0.810. The Labute approximate surface area is 79.6 Å². The molecule has 0 aromatic heterocycles. The first-order valence-electron chi connectivity index (χ1n) is 4.86. The quantitative estimate of drug-likeness (QED) is 0.604. The van der Waals surface area contributed by atoms with Crippen LogP contribution in [0.1, 0.15) is 19.3 Å². The minimum Gasteiger partial charge on any atom is -0.306 e. The van der Waals surface area contributed by atoms with Crippen LogP contribution >= 0.6 is 0 Å². The van der Waals surface area contributed by atoms with Gasteiger partial charge in [-0.1, -0.05) is 0 Å². The number of carbonyl (C=O) groups excluding carboxylic acids is 1. The molecular formula is C9H19N3O. The van der Waals surface area contributed by atoms with Crippen LogP contribution in [0.25, 0.3) is 0 Å². The van der Waals surface area contributed by atoms with Gasteiger partial charge >= 0.3 is 0 Å². The largest absolute Gasteiger partial charge is 0.306 e. The van der Waals surface area contributed by atoms with Gasteiger partial charge in [0, 0.05) is 20.0 Å². The van der Waals surface area contributed by atoms with Gasteiger partial charge in [0.2, 0.25) is 5.91 Å². The number of hydrazine groups is 1. The van der Waals surface area contributed by atoms with Crippen molar-refractivity contribution in [2.75, 3.05) is 27.2 Å². The molecule has 4 heteroatoms. The second-order valence-electron chi connectivity index (χ2n) is 3.75. The number of rotatable bonds is 4. The average Bonchev–Trinajstić information content (AvgIpc) is 2.49. The molecule has 0 aliphatic carbocycles. The van der Waals surface area contributed by atoms with Crippen molar-refractivity contribution in [1.82, 2.24) is 15.8 Å². The lowest BCUT2D eigenvalue weighted by Gasteiger charge is -2.09. The predicted octanol–water partition coefficient (Wildman–Crippen LogP) is -0.0311. The molecule has 76 valence electrons. The molecule has 1 rings (SSSR count). The van der Waals surface area contributed by atoms with Crippen LogP contribution in [0.3, 0.4) is 0 Å². The molecule has 1 saturated heterocycles. The van der Waals surface area contributed by atoms with E-state index in [2.05, 4.69) is 22.8 Å². The zero-order chi connectivity index (χ0) is 9.68. The lowest BCUT2D eigenvalue weighted by atomic mass is 10.0. The van der Waals surface area contributed by atoms with Gasteiger partial charge in [-0.05, 0) is 32.4 Å². The number of nitrogens with zero attached hydrogens (tertiary/aromatic N) is 1. The van der Waals surface area contributed by atoms with E-state index in [1.54, 1.807) is 7.05 Å². The Morgan fingerprint density at radius 1 is 1.62 bits per heavy atom. The van der Waals surface area contributed by atoms with Crippen molar-refractivity contribution in [3.05, 3.63) is 0 Å². The molecule has 0 saturated carbocycles. The zero-order valence-electron chi connectivity index (χ0n) is 8.47. The lowest BCUT2D eigenvalue weighted by Crippen LogP contribution is -2.34. The Hall–Kier alpha value is -0.610. The van der Waals surface area contributed by atoms with Crippen LogP contribution in [-0.4, -0.2) is 38.0 Å². The van der Waals surface area contributed by atoms with Crippen molar-refractivity contribution >= 4 is 5.91 Å². The Bertz CT molecular complexity index is 172. The molecule has 4 nitrogen and oxygen atoms in total. The Balaban J connectivity index is 2.09. The van der Waals surface area contributed by atoms with Crippen LogP contribution in [0.4, 0.5) is 0 Å². The third-order valence-electron chi connectivity index (χ3n) is 2.53. The van der Waals surface area contributed by atoms with Gasteiger partial charge in [0.1, 0.15) is 0 Å². The summed E-state index contributed by atoms with van der Waals surface area (Å²) < 4.78 is 0. The van der Waals surface area contributed by atoms with Crippen molar-refractivity contribution in [2.45, 2.75) is 19.3 Å². The minimum absolute atomic E-state index is 0.0945. The molecule has 1 aliphatic rings. The summed E-state index contributed by atoms with van der Waals surface area (Å²) >= 11 is 0. The van der Waals surface area contributed by atoms with Gasteiger partial charge in [-0.3, -0.25) is 10.2 Å². The molecule has 1 fully saturated rings. The number of likely N-dealkylation sites (tertiary alicyclic amines) is 1. The Morgan fingerprint density at radius 2 is 2.38 bits per heavy atom. The summed E-state index contributed by atoms with van der Waals surface area (Å²) in [6.07, 6.45) is 2.89. The van der Waals surface area contributed by atoms with E-state index < -0.39 is 0 Å². The molecule has 13 heavy (non-hydrogen) atoms. The van der Waals surface area contributed by atoms with Crippen LogP contribution in [-0.2, 0) is 4.79 Å². The molecule has 0 bridgehead atoms. The number of carbonyl (C=O) groups is 1. The third-order valence-corrected chi connectivity index (χ3v) is 2.53. The predicted molar refractivity (Wildman–Crippen MR) is 52.0 cm³/mol. The zero-order valence-corrected chi connectivity index (χ0v) is 8.47. The van der Waals surface area contributed by atoms with Gasteiger partial charge in [-0.25, -0.2) is 5.43 Å². The van der Waals surface area contributed by atoms with E-state index in [-0.39, 0.29) is 5.91 Å². The van der Waals surface area contributed by atoms with Crippen LogP contribution in [0.2, 0.25) is 0 Å². The molecule has 0 aromatic rings. The molecule has 0 spiro atoms. The van der Waals surface area contributed by atoms with Gasteiger partial charge in [-0.15, -0.1) is 0 Å². The molecule has 1 atom stereocenters. The van der Waals surface area contributed by atoms with Gasteiger partial charge in [0.15, 0.2) is 0 Å². The Kier molecular flexibility index (Phi) is 4.18. The number of hydrogen-bond acceptors (Lipinski definition) is 3. The highest BCUT2D eigenvalue weighted by atomic mass is 16.2. The van der Waals surface area contributed by atoms with Crippen molar-refractivity contribution in [1.29, 1.82) is 0 Å². The molecule has 0 aromatic carbocycles. The minimum atomic E-state index is 0.0945. The molecule has 2 N–H and O–H groups in total. The van der Waals surface area contributed by atoms with Crippen molar-refractivity contribution in [3.63, 3.8) is 0 Å². The number of amides is 1. The maximum absolute atomic E-state index is 11.1. The van der Waals surface area contributed by atoms with Gasteiger partial charge < -0.3 is 4.90 Å². The van der Waals surface area contributed by atoms with E-state index in [1.807, 2.05) is 0 Å². The molecule has 1 amide bonds. The summed E-state index contributed by atoms with van der Waals surface area (Å²) in [5, 5.41) is 0. The maximum atomic E-state index is 11.1. The third kappa shape index (κ3) is 3.74. The second-order valence-corrected chi connectivity index (χ2v) is 3.75. The Morgan fingerprint density at radius 3 is 2.92 bits per heavy atom. The van der Waals surface area contributed by atoms with E-state index in [0.29, 0.717) is 12.3 Å². The first kappa shape index (κ1) is 10.5. The topological polar surface area (TPSA) is 44.4 Å². The molecule has 0 radical (unpaired) electrons. The summed E-state index contributed by atoms with van der Waals surface area (Å²) in [5.41, 5.74) is 5.22. The van der Waals surface area contributed by atoms with Crippen LogP contribution in [0.15, 0.2) is 0 Å². The fourth-order valence-electron chi connectivity index (χ4n) is 1.80. The fraction of sp³-hybridized carbons (Fsp3) is 0.889. The first-order valence-corrected chi connectivity index (χ1v) is 4.86. The maximum Gasteiger partial charge on any atom is 0.234 e. The van der Waals surface area contributed by atoms with Crippen LogP contribution in [0.5, 0.6) is 0 Å². The van der Waals surface area contributed by atoms with E-state index in [9.17, 15) is 4.79 Å². The summed E-state index contributed by atoms with van der Waals surface area (Å²) in [6, 6.07) is 0. The van der Waals surface area contributed by atoms with Gasteiger partial charge in [0.05, 0.1) is 0 Å². The van der Waals surface area contributed by atoms with E-state index in [0.717, 1.165) is 13.0 Å². The van der Waals surface area contributed by atoms with Crippen molar-refractivity contribution in [2.24, 2.45) is 5.92 Å². The smallest absolute Gasteiger partial charge is 0.234 e. The molecular weight excluding hydrogens is 166 g/mol. The van der Waals surface area contributed by atoms with E-state index in [4.69, 9.17) is 0 Å². The fourth-order valence-corrected chi connectivity index (χ4v) is 1.80. The second kappa shape index (κ2) is 5.19. The van der Waals surface area contributed by atoms with E-state index in [1.165, 1.54) is 13.0 Å². The van der Waals surface area contributed by atoms with Crippen molar-refractivity contribution in [3.8, 4) is 0 Å². The van der Waals surface area contributed by atoms with Crippen LogP contribution < -0.4 is 10.9 Å². The standard InChI is InChI=1S/C9H19N3O/c1-10-11-9(13)4-3-8-5-6-12(2)7-8/h8,10H,3-7H2,1-2H3,(H,11,13). The highest BCUT2D eigenvalue weighted by Gasteiger charge is 2.19. The van der Waals surface area contributed by atoms with Gasteiger partial charge in [0.25, 0.3) is 0 Å². The summed E-state index contributed by atoms with van der Waals surface area (Å²) in [7, 11) is 3.84. The van der Waals surface area contributed by atoms with Gasteiger partial charge in [-0.2, -0.15) is 0 Å². The number of nitrogens with one attached hydrogen (secondary N) is 2. The van der Waals surface area contributed by atoms with Crippen molar-refractivity contribution < 1.29 is 4.79 Å². The highest BCUT2D eigenvalue weighted by Crippen LogP contribution is 2.18. The monoisotopic (exact) mass is 185 g/mol. The molecule has 1 aliphatic heterocycles. The SMILES string of the molecule is CNNC(=O)CCC1CCN(C)C1. The summed E-state index contributed by atoms with van der Waals surface area (Å²) in [6.45, 7) is 2.32. The lowest BCUT2D eigenvalue weighted by molar-refractivity contribution is -0.122. The number of hydrogen-bond donors (Lipinski definition) is 2. The van der Waals surface area contributed by atoms with Crippen LogP contribution in [0, 0.1) is 5.92 Å². The highest BCUT2D eigenvalue weighted by molar-refractivity contribution is 5.75. The van der Waals surface area contributed by atoms with E-state index >= 15 is 0 Å². The first-order chi connectivity index (χ1) is 6.22. The average molecular weight is 185 g/mol.